The van der Waals surface area contributed by atoms with E-state index in [1.165, 1.54) is 58.2 Å². The van der Waals surface area contributed by atoms with Gasteiger partial charge in [0, 0.05) is 19.1 Å². The number of likely N-dealkylation sites (N-methyl/N-ethyl adjacent to an activating group) is 2. The highest BCUT2D eigenvalue weighted by Gasteiger charge is 2.31. The van der Waals surface area contributed by atoms with Gasteiger partial charge < -0.3 is 10.0 Å². The van der Waals surface area contributed by atoms with Crippen molar-refractivity contribution in [2.24, 2.45) is 11.8 Å². The van der Waals surface area contributed by atoms with Crippen molar-refractivity contribution in [3.8, 4) is 0 Å². The summed E-state index contributed by atoms with van der Waals surface area (Å²) in [6.45, 7) is 9.28. The van der Waals surface area contributed by atoms with Crippen LogP contribution in [-0.2, 0) is 0 Å². The molecule has 1 N–H and O–H groups in total. The second-order valence-electron chi connectivity index (χ2n) is 7.44. The van der Waals surface area contributed by atoms with Crippen molar-refractivity contribution < 1.29 is 5.11 Å². The lowest BCUT2D eigenvalue weighted by atomic mass is 9.77. The Morgan fingerprint density at radius 3 is 2.67 bits per heavy atom. The molecule has 4 unspecified atom stereocenters. The van der Waals surface area contributed by atoms with E-state index in [-0.39, 0.29) is 6.10 Å². The summed E-state index contributed by atoms with van der Waals surface area (Å²) in [5.41, 5.74) is 0. The molecule has 1 saturated heterocycles. The first kappa shape index (κ1) is 17.2. The fourth-order valence-corrected chi connectivity index (χ4v) is 4.56. The molecule has 2 aliphatic rings. The van der Waals surface area contributed by atoms with Crippen molar-refractivity contribution in [1.82, 2.24) is 9.80 Å². The summed E-state index contributed by atoms with van der Waals surface area (Å²) < 4.78 is 0. The van der Waals surface area contributed by atoms with Crippen molar-refractivity contribution in [1.29, 1.82) is 0 Å². The summed E-state index contributed by atoms with van der Waals surface area (Å²) in [4.78, 5) is 5.11. The topological polar surface area (TPSA) is 26.7 Å². The van der Waals surface area contributed by atoms with Crippen molar-refractivity contribution >= 4 is 0 Å². The lowest BCUT2D eigenvalue weighted by Gasteiger charge is -2.37. The Labute approximate surface area is 131 Å². The Kier molecular flexibility index (Phi) is 6.97. The zero-order chi connectivity index (χ0) is 15.2. The van der Waals surface area contributed by atoms with Crippen LogP contribution < -0.4 is 0 Å². The van der Waals surface area contributed by atoms with Crippen LogP contribution in [0.5, 0.6) is 0 Å². The van der Waals surface area contributed by atoms with Gasteiger partial charge in [-0.25, -0.2) is 0 Å². The van der Waals surface area contributed by atoms with Gasteiger partial charge >= 0.3 is 0 Å². The van der Waals surface area contributed by atoms with Gasteiger partial charge in [-0.05, 0) is 64.1 Å². The van der Waals surface area contributed by atoms with E-state index < -0.39 is 0 Å². The molecule has 124 valence electrons. The molecule has 0 bridgehead atoms. The first-order valence-electron chi connectivity index (χ1n) is 9.24. The summed E-state index contributed by atoms with van der Waals surface area (Å²) in [6, 6.07) is 0.743. The molecule has 0 aromatic carbocycles. The third-order valence-electron chi connectivity index (χ3n) is 5.72. The number of aliphatic hydroxyl groups is 1. The molecule has 0 spiro atoms. The average molecular weight is 296 g/mol. The Hall–Kier alpha value is -0.120. The zero-order valence-corrected chi connectivity index (χ0v) is 14.4. The lowest BCUT2D eigenvalue weighted by Crippen LogP contribution is -2.43. The highest BCUT2D eigenvalue weighted by atomic mass is 16.3. The minimum absolute atomic E-state index is 0.0635. The normalized spacial score (nSPS) is 34.7. The number of aliphatic hydroxyl groups excluding tert-OH is 1. The quantitative estimate of drug-likeness (QED) is 0.782. The first-order valence-corrected chi connectivity index (χ1v) is 9.24. The molecule has 1 saturated carbocycles. The Bertz CT molecular complexity index is 297. The van der Waals surface area contributed by atoms with E-state index in [1.54, 1.807) is 0 Å². The van der Waals surface area contributed by atoms with Gasteiger partial charge in [-0.3, -0.25) is 4.90 Å². The van der Waals surface area contributed by atoms with Crippen LogP contribution in [0.25, 0.3) is 0 Å². The highest BCUT2D eigenvalue weighted by molar-refractivity contribution is 4.84. The molecule has 3 heteroatoms. The number of rotatable bonds is 7. The minimum atomic E-state index is -0.0635. The fourth-order valence-electron chi connectivity index (χ4n) is 4.56. The van der Waals surface area contributed by atoms with Crippen LogP contribution in [0.3, 0.4) is 0 Å². The number of likely N-dealkylation sites (tertiary alicyclic amines) is 1. The van der Waals surface area contributed by atoms with E-state index in [9.17, 15) is 5.11 Å². The van der Waals surface area contributed by atoms with E-state index >= 15 is 0 Å². The van der Waals surface area contributed by atoms with E-state index in [2.05, 4.69) is 30.7 Å². The number of nitrogens with zero attached hydrogens (tertiary/aromatic N) is 2. The van der Waals surface area contributed by atoms with E-state index in [1.807, 2.05) is 0 Å². The Morgan fingerprint density at radius 2 is 1.95 bits per heavy atom. The maximum Gasteiger partial charge on any atom is 0.0580 e. The van der Waals surface area contributed by atoms with Crippen molar-refractivity contribution in [2.45, 2.75) is 70.9 Å². The molecule has 2 rings (SSSR count). The van der Waals surface area contributed by atoms with Gasteiger partial charge in [0.1, 0.15) is 0 Å². The molecule has 0 aromatic rings. The van der Waals surface area contributed by atoms with Gasteiger partial charge in [0.15, 0.2) is 0 Å². The smallest absolute Gasteiger partial charge is 0.0580 e. The Balaban J connectivity index is 1.78. The Morgan fingerprint density at radius 1 is 1.14 bits per heavy atom. The number of hydrogen-bond donors (Lipinski definition) is 1. The second kappa shape index (κ2) is 8.50. The second-order valence-corrected chi connectivity index (χ2v) is 7.44. The molecule has 1 aliphatic carbocycles. The molecule has 3 nitrogen and oxygen atoms in total. The van der Waals surface area contributed by atoms with E-state index in [0.717, 1.165) is 24.9 Å². The van der Waals surface area contributed by atoms with Gasteiger partial charge in [0.05, 0.1) is 6.10 Å². The van der Waals surface area contributed by atoms with Crippen LogP contribution in [0.2, 0.25) is 0 Å². The predicted molar refractivity (Wildman–Crippen MR) is 89.5 cm³/mol. The maximum atomic E-state index is 10.3. The molecule has 1 heterocycles. The maximum absolute atomic E-state index is 10.3. The van der Waals surface area contributed by atoms with Crippen molar-refractivity contribution in [3.05, 3.63) is 0 Å². The number of hydrogen-bond acceptors (Lipinski definition) is 3. The van der Waals surface area contributed by atoms with Gasteiger partial charge in [-0.1, -0.05) is 26.7 Å². The zero-order valence-electron chi connectivity index (χ0n) is 14.4. The van der Waals surface area contributed by atoms with Gasteiger partial charge in [-0.2, -0.15) is 0 Å². The molecule has 1 aliphatic heterocycles. The van der Waals surface area contributed by atoms with Gasteiger partial charge in [-0.15, -0.1) is 0 Å². The van der Waals surface area contributed by atoms with Crippen LogP contribution >= 0.6 is 0 Å². The van der Waals surface area contributed by atoms with Crippen LogP contribution in [0, 0.1) is 11.8 Å². The standard InChI is InChI=1S/C18H36N2O/c1-4-7-15-9-10-18(21)16(12-15)13-19(3)14-17-8-6-11-20(17)5-2/h15-18,21H,4-14H2,1-3H3. The SMILES string of the molecule is CCCC1CCC(O)C(CN(C)CC2CCCN2CC)C1. The fraction of sp³-hybridized carbons (Fsp3) is 1.00. The summed E-state index contributed by atoms with van der Waals surface area (Å²) in [6.07, 6.45) is 8.78. The highest BCUT2D eigenvalue weighted by Crippen LogP contribution is 2.32. The third-order valence-corrected chi connectivity index (χ3v) is 5.72. The van der Waals surface area contributed by atoms with Crippen molar-refractivity contribution in [3.63, 3.8) is 0 Å². The lowest BCUT2D eigenvalue weighted by molar-refractivity contribution is 0.0266. The van der Waals surface area contributed by atoms with Crippen molar-refractivity contribution in [2.75, 3.05) is 33.2 Å². The molecule has 0 amide bonds. The monoisotopic (exact) mass is 296 g/mol. The molecular formula is C18H36N2O. The summed E-state index contributed by atoms with van der Waals surface area (Å²) in [5.74, 6) is 1.35. The first-order chi connectivity index (χ1) is 10.1. The van der Waals surface area contributed by atoms with Gasteiger partial charge in [0.2, 0.25) is 0 Å². The molecular weight excluding hydrogens is 260 g/mol. The van der Waals surface area contributed by atoms with E-state index in [4.69, 9.17) is 0 Å². The third kappa shape index (κ3) is 4.94. The van der Waals surface area contributed by atoms with Crippen LogP contribution in [0.4, 0.5) is 0 Å². The summed E-state index contributed by atoms with van der Waals surface area (Å²) in [5, 5.41) is 10.3. The largest absolute Gasteiger partial charge is 0.393 e. The van der Waals surface area contributed by atoms with Gasteiger partial charge in [0.25, 0.3) is 0 Å². The molecule has 2 fully saturated rings. The van der Waals surface area contributed by atoms with Crippen LogP contribution in [0.1, 0.15) is 58.8 Å². The minimum Gasteiger partial charge on any atom is -0.393 e. The van der Waals surface area contributed by atoms with Crippen LogP contribution in [0.15, 0.2) is 0 Å². The molecule has 21 heavy (non-hydrogen) atoms. The van der Waals surface area contributed by atoms with E-state index in [0.29, 0.717) is 5.92 Å². The molecule has 4 atom stereocenters. The van der Waals surface area contributed by atoms with Crippen LogP contribution in [-0.4, -0.2) is 60.3 Å². The molecule has 0 radical (unpaired) electrons. The molecule has 0 aromatic heterocycles. The summed E-state index contributed by atoms with van der Waals surface area (Å²) >= 11 is 0. The summed E-state index contributed by atoms with van der Waals surface area (Å²) in [7, 11) is 2.25. The predicted octanol–water partition coefficient (Wildman–Crippen LogP) is 2.98. The average Bonchev–Trinajstić information content (AvgIpc) is 2.90.